The van der Waals surface area contributed by atoms with E-state index < -0.39 is 32.6 Å². The molecule has 1 saturated carbocycles. The van der Waals surface area contributed by atoms with Gasteiger partial charge in [-0.1, -0.05) is 11.6 Å². The van der Waals surface area contributed by atoms with E-state index in [1.165, 1.54) is 0 Å². The number of alkyl halides is 3. The fourth-order valence-electron chi connectivity index (χ4n) is 2.36. The van der Waals surface area contributed by atoms with Crippen molar-refractivity contribution in [3.8, 4) is 0 Å². The van der Waals surface area contributed by atoms with Gasteiger partial charge in [-0.2, -0.15) is 17.5 Å². The Bertz CT molecular complexity index is 763. The lowest BCUT2D eigenvalue weighted by Crippen LogP contribution is -2.35. The molecule has 1 aromatic rings. The Hall–Kier alpha value is -1.32. The molecular weight excluding hydrogens is 395 g/mol. The van der Waals surface area contributed by atoms with Crippen LogP contribution in [-0.4, -0.2) is 38.4 Å². The van der Waals surface area contributed by atoms with Crippen molar-refractivity contribution in [2.24, 2.45) is 5.92 Å². The van der Waals surface area contributed by atoms with Crippen LogP contribution in [0.25, 0.3) is 0 Å². The highest BCUT2D eigenvalue weighted by atomic mass is 35.5. The summed E-state index contributed by atoms with van der Waals surface area (Å²) in [5.74, 6) is -0.435. The van der Waals surface area contributed by atoms with Gasteiger partial charge >= 0.3 is 12.1 Å². The Morgan fingerprint density at radius 2 is 2.00 bits per heavy atom. The van der Waals surface area contributed by atoms with Crippen molar-refractivity contribution in [3.63, 3.8) is 0 Å². The molecule has 1 aromatic carbocycles. The van der Waals surface area contributed by atoms with E-state index in [0.717, 1.165) is 29.3 Å². The predicted molar refractivity (Wildman–Crippen MR) is 89.2 cm³/mol. The van der Waals surface area contributed by atoms with Gasteiger partial charge in [-0.15, -0.1) is 0 Å². The van der Waals surface area contributed by atoms with Crippen LogP contribution in [0.2, 0.25) is 5.02 Å². The topological polar surface area (TPSA) is 63.7 Å². The van der Waals surface area contributed by atoms with Gasteiger partial charge < -0.3 is 4.74 Å². The van der Waals surface area contributed by atoms with E-state index in [2.05, 4.69) is 0 Å². The molecule has 0 aromatic heterocycles. The maximum absolute atomic E-state index is 12.9. The molecule has 0 saturated heterocycles. The van der Waals surface area contributed by atoms with Gasteiger partial charge in [0.05, 0.1) is 23.6 Å². The molecule has 10 heteroatoms. The molecule has 1 aliphatic carbocycles. The van der Waals surface area contributed by atoms with Crippen LogP contribution >= 0.6 is 11.6 Å². The van der Waals surface area contributed by atoms with Crippen LogP contribution in [0.5, 0.6) is 0 Å². The Morgan fingerprint density at radius 1 is 1.35 bits per heavy atom. The zero-order valence-corrected chi connectivity index (χ0v) is 15.6. The highest BCUT2D eigenvalue weighted by molar-refractivity contribution is 7.89. The monoisotopic (exact) mass is 413 g/mol. The number of hydrogen-bond acceptors (Lipinski definition) is 4. The van der Waals surface area contributed by atoms with Crippen molar-refractivity contribution >= 4 is 27.6 Å². The van der Waals surface area contributed by atoms with Gasteiger partial charge in [0.25, 0.3) is 0 Å². The summed E-state index contributed by atoms with van der Waals surface area (Å²) >= 11 is 5.87. The fraction of sp³-hybridized carbons (Fsp3) is 0.562. The number of hydrogen-bond donors (Lipinski definition) is 0. The molecule has 26 heavy (non-hydrogen) atoms. The number of ether oxygens (including phenoxy) is 1. The van der Waals surface area contributed by atoms with Gasteiger partial charge in [0.15, 0.2) is 0 Å². The molecule has 1 fully saturated rings. The highest BCUT2D eigenvalue weighted by Gasteiger charge is 2.36. The molecule has 0 bridgehead atoms. The third kappa shape index (κ3) is 5.34. The van der Waals surface area contributed by atoms with Gasteiger partial charge in [-0.25, -0.2) is 8.42 Å². The van der Waals surface area contributed by atoms with Crippen LogP contribution in [0.3, 0.4) is 0 Å². The molecular formula is C16H19ClF3NO4S. The van der Waals surface area contributed by atoms with Crippen LogP contribution in [0, 0.1) is 5.92 Å². The summed E-state index contributed by atoms with van der Waals surface area (Å²) in [7, 11) is -4.29. The lowest BCUT2D eigenvalue weighted by Gasteiger charge is -2.23. The van der Waals surface area contributed by atoms with Gasteiger partial charge in [0, 0.05) is 13.1 Å². The number of benzene rings is 1. The maximum atomic E-state index is 12.9. The Balaban J connectivity index is 2.31. The van der Waals surface area contributed by atoms with Crippen molar-refractivity contribution in [2.75, 3.05) is 19.7 Å². The maximum Gasteiger partial charge on any atom is 0.416 e. The normalized spacial score (nSPS) is 15.3. The fourth-order valence-corrected chi connectivity index (χ4v) is 4.38. The highest BCUT2D eigenvalue weighted by Crippen LogP contribution is 2.36. The number of rotatable bonds is 8. The molecule has 0 radical (unpaired) electrons. The van der Waals surface area contributed by atoms with E-state index in [-0.39, 0.29) is 37.1 Å². The van der Waals surface area contributed by atoms with Crippen molar-refractivity contribution in [1.29, 1.82) is 0 Å². The van der Waals surface area contributed by atoms with Gasteiger partial charge in [0.1, 0.15) is 4.90 Å². The summed E-state index contributed by atoms with van der Waals surface area (Å²) in [6, 6.07) is 2.17. The first-order chi connectivity index (χ1) is 12.1. The second-order valence-corrected chi connectivity index (χ2v) is 8.32. The molecule has 0 spiro atoms. The number of nitrogens with zero attached hydrogens (tertiary/aromatic N) is 1. The molecule has 0 atom stereocenters. The molecule has 2 rings (SSSR count). The minimum Gasteiger partial charge on any atom is -0.466 e. The van der Waals surface area contributed by atoms with E-state index in [4.69, 9.17) is 16.3 Å². The Morgan fingerprint density at radius 3 is 2.54 bits per heavy atom. The van der Waals surface area contributed by atoms with Crippen LogP contribution in [-0.2, 0) is 25.7 Å². The first-order valence-corrected chi connectivity index (χ1v) is 9.90. The third-order valence-corrected chi connectivity index (χ3v) is 6.25. The standard InChI is InChI=1S/C16H19ClF3NO4S/c1-2-25-15(22)7-8-21(10-11-3-4-11)26(23,24)14-9-12(16(18,19)20)5-6-13(14)17/h5-6,9,11H,2-4,7-8,10H2,1H3. The lowest BCUT2D eigenvalue weighted by atomic mass is 10.2. The number of carbonyl (C=O) groups excluding carboxylic acids is 1. The first kappa shape index (κ1) is 21.0. The number of sulfonamides is 1. The number of halogens is 4. The average Bonchev–Trinajstić information content (AvgIpc) is 3.34. The van der Waals surface area contributed by atoms with Gasteiger partial charge in [0.2, 0.25) is 10.0 Å². The molecule has 0 amide bonds. The zero-order chi connectivity index (χ0) is 19.5. The van der Waals surface area contributed by atoms with Crippen LogP contribution in [0.1, 0.15) is 31.7 Å². The van der Waals surface area contributed by atoms with Crippen LogP contribution in [0.4, 0.5) is 13.2 Å². The summed E-state index contributed by atoms with van der Waals surface area (Å²) in [6.45, 7) is 1.74. The molecule has 0 heterocycles. The van der Waals surface area contributed by atoms with E-state index in [1.807, 2.05) is 0 Å². The van der Waals surface area contributed by atoms with E-state index in [0.29, 0.717) is 6.07 Å². The van der Waals surface area contributed by atoms with Crippen molar-refractivity contribution in [1.82, 2.24) is 4.31 Å². The van der Waals surface area contributed by atoms with Crippen LogP contribution in [0.15, 0.2) is 23.1 Å². The summed E-state index contributed by atoms with van der Waals surface area (Å²) < 4.78 is 70.4. The molecule has 146 valence electrons. The number of carbonyl (C=O) groups is 1. The number of esters is 1. The van der Waals surface area contributed by atoms with E-state index >= 15 is 0 Å². The summed E-state index contributed by atoms with van der Waals surface area (Å²) in [5.41, 5.74) is -1.10. The molecule has 5 nitrogen and oxygen atoms in total. The minimum atomic E-state index is -4.69. The Labute approximate surface area is 155 Å². The second kappa shape index (κ2) is 8.14. The molecule has 0 aliphatic heterocycles. The predicted octanol–water partition coefficient (Wildman–Crippen LogP) is 3.71. The third-order valence-electron chi connectivity index (χ3n) is 3.91. The SMILES string of the molecule is CCOC(=O)CCN(CC1CC1)S(=O)(=O)c1cc(C(F)(F)F)ccc1Cl. The smallest absolute Gasteiger partial charge is 0.416 e. The van der Waals surface area contributed by atoms with Crippen molar-refractivity contribution < 1.29 is 31.1 Å². The quantitative estimate of drug-likeness (QED) is 0.609. The lowest BCUT2D eigenvalue weighted by molar-refractivity contribution is -0.143. The average molecular weight is 414 g/mol. The summed E-state index contributed by atoms with van der Waals surface area (Å²) in [6.07, 6.45) is -3.21. The van der Waals surface area contributed by atoms with E-state index in [1.54, 1.807) is 6.92 Å². The van der Waals surface area contributed by atoms with Crippen LogP contribution < -0.4 is 0 Å². The van der Waals surface area contributed by atoms with Gasteiger partial charge in [-0.05, 0) is 43.9 Å². The Kier molecular flexibility index (Phi) is 6.57. The van der Waals surface area contributed by atoms with Crippen molar-refractivity contribution in [3.05, 3.63) is 28.8 Å². The van der Waals surface area contributed by atoms with Crippen molar-refractivity contribution in [2.45, 2.75) is 37.3 Å². The molecule has 1 aliphatic rings. The molecule has 0 N–H and O–H groups in total. The largest absolute Gasteiger partial charge is 0.466 e. The second-order valence-electron chi connectivity index (χ2n) is 6.00. The zero-order valence-electron chi connectivity index (χ0n) is 14.1. The minimum absolute atomic E-state index is 0.133. The summed E-state index contributed by atoms with van der Waals surface area (Å²) in [4.78, 5) is 10.9. The molecule has 0 unspecified atom stereocenters. The van der Waals surface area contributed by atoms with Gasteiger partial charge in [-0.3, -0.25) is 4.79 Å². The first-order valence-electron chi connectivity index (χ1n) is 8.08. The summed E-state index contributed by atoms with van der Waals surface area (Å²) in [5, 5.41) is -0.296. The van der Waals surface area contributed by atoms with E-state index in [9.17, 15) is 26.4 Å².